The molecular weight excluding hydrogens is 303 g/mol. The van der Waals surface area contributed by atoms with Crippen molar-refractivity contribution in [3.8, 4) is 11.5 Å². The summed E-state index contributed by atoms with van der Waals surface area (Å²) in [5.74, 6) is -0.214. The molecule has 0 spiro atoms. The summed E-state index contributed by atoms with van der Waals surface area (Å²) >= 11 is 1.61. The number of phenolic OH excluding ortho intramolecular Hbond substituents is 1. The van der Waals surface area contributed by atoms with Crippen molar-refractivity contribution in [1.29, 1.82) is 0 Å². The van der Waals surface area contributed by atoms with Gasteiger partial charge in [0.2, 0.25) is 0 Å². The number of halogens is 1. The second-order valence-electron chi connectivity index (χ2n) is 5.25. The number of piperazine rings is 1. The van der Waals surface area contributed by atoms with Crippen LogP contribution in [0.3, 0.4) is 0 Å². The number of ether oxygens (including phenoxy) is 1. The van der Waals surface area contributed by atoms with E-state index in [9.17, 15) is 9.50 Å². The Labute approximate surface area is 133 Å². The predicted molar refractivity (Wildman–Crippen MR) is 85.2 cm³/mol. The summed E-state index contributed by atoms with van der Waals surface area (Å²) in [5.41, 5.74) is 0.557. The summed E-state index contributed by atoms with van der Waals surface area (Å²) in [7, 11) is 1.43. The summed E-state index contributed by atoms with van der Waals surface area (Å²) in [5, 5.41) is 15.8. The van der Waals surface area contributed by atoms with Gasteiger partial charge in [-0.05, 0) is 17.5 Å². The first-order chi connectivity index (χ1) is 10.7. The van der Waals surface area contributed by atoms with Crippen LogP contribution in [0, 0.1) is 5.82 Å². The number of methoxy groups -OCH3 is 1. The second kappa shape index (κ2) is 6.64. The third-order valence-electron chi connectivity index (χ3n) is 3.91. The van der Waals surface area contributed by atoms with Crippen molar-refractivity contribution in [2.45, 2.75) is 6.04 Å². The topological polar surface area (TPSA) is 44.7 Å². The van der Waals surface area contributed by atoms with Gasteiger partial charge in [0.15, 0.2) is 11.5 Å². The summed E-state index contributed by atoms with van der Waals surface area (Å²) in [6, 6.07) is 6.45. The zero-order valence-corrected chi connectivity index (χ0v) is 13.2. The second-order valence-corrected chi connectivity index (χ2v) is 6.23. The molecule has 0 unspecified atom stereocenters. The summed E-state index contributed by atoms with van der Waals surface area (Å²) < 4.78 is 19.0. The van der Waals surface area contributed by atoms with Gasteiger partial charge in [-0.2, -0.15) is 0 Å². The molecule has 1 fully saturated rings. The quantitative estimate of drug-likeness (QED) is 0.908. The van der Waals surface area contributed by atoms with Crippen molar-refractivity contribution in [1.82, 2.24) is 10.2 Å². The lowest BCUT2D eigenvalue weighted by Crippen LogP contribution is -2.45. The number of nitrogens with zero attached hydrogens (tertiary/aromatic N) is 1. The largest absolute Gasteiger partial charge is 0.504 e. The number of rotatable bonds is 4. The van der Waals surface area contributed by atoms with Crippen molar-refractivity contribution < 1.29 is 14.2 Å². The first kappa shape index (κ1) is 15.3. The Morgan fingerprint density at radius 2 is 2.14 bits per heavy atom. The van der Waals surface area contributed by atoms with Crippen LogP contribution >= 0.6 is 11.3 Å². The first-order valence-corrected chi connectivity index (χ1v) is 8.13. The maximum atomic E-state index is 13.9. The molecule has 4 nitrogen and oxygen atoms in total. The molecule has 1 aliphatic rings. The standard InChI is InChI=1S/C16H19FN2O2S/c1-21-13-10-11(17)9-12(16(13)20)15(14-3-2-8-22-14)19-6-4-18-5-7-19/h2-3,8-10,15,18,20H,4-7H2,1H3/t15-/m1/s1. The summed E-state index contributed by atoms with van der Waals surface area (Å²) in [6.45, 7) is 3.46. The molecule has 1 saturated heterocycles. The maximum absolute atomic E-state index is 13.9. The predicted octanol–water partition coefficient (Wildman–Crippen LogP) is 2.60. The SMILES string of the molecule is COc1cc(F)cc([C@H](c2cccs2)N2CCNCC2)c1O. The Morgan fingerprint density at radius 3 is 2.77 bits per heavy atom. The van der Waals surface area contributed by atoms with Crippen molar-refractivity contribution >= 4 is 11.3 Å². The Balaban J connectivity index is 2.07. The average Bonchev–Trinajstić information content (AvgIpc) is 3.05. The fraction of sp³-hybridized carbons (Fsp3) is 0.375. The van der Waals surface area contributed by atoms with Gasteiger partial charge in [-0.1, -0.05) is 6.07 Å². The van der Waals surface area contributed by atoms with Crippen molar-refractivity contribution in [3.05, 3.63) is 45.9 Å². The highest BCUT2D eigenvalue weighted by atomic mass is 32.1. The molecule has 22 heavy (non-hydrogen) atoms. The number of benzene rings is 1. The molecule has 118 valence electrons. The lowest BCUT2D eigenvalue weighted by atomic mass is 10.0. The molecule has 1 aromatic carbocycles. The van der Waals surface area contributed by atoms with Crippen LogP contribution in [0.25, 0.3) is 0 Å². The molecule has 2 heterocycles. The third kappa shape index (κ3) is 2.95. The number of thiophene rings is 1. The van der Waals surface area contributed by atoms with Crippen LogP contribution in [-0.4, -0.2) is 43.3 Å². The molecule has 3 rings (SSSR count). The number of nitrogens with one attached hydrogen (secondary N) is 1. The van der Waals surface area contributed by atoms with Gasteiger partial charge in [0.25, 0.3) is 0 Å². The van der Waals surface area contributed by atoms with E-state index in [1.54, 1.807) is 11.3 Å². The van der Waals surface area contributed by atoms with Crippen molar-refractivity contribution in [3.63, 3.8) is 0 Å². The lowest BCUT2D eigenvalue weighted by Gasteiger charge is -2.35. The Bertz CT molecular complexity index is 627. The monoisotopic (exact) mass is 322 g/mol. The van der Waals surface area contributed by atoms with Gasteiger partial charge in [0.05, 0.1) is 13.2 Å². The highest BCUT2D eigenvalue weighted by Crippen LogP contribution is 2.41. The van der Waals surface area contributed by atoms with Crippen molar-refractivity contribution in [2.24, 2.45) is 0 Å². The molecule has 0 aliphatic carbocycles. The van der Waals surface area contributed by atoms with E-state index in [-0.39, 0.29) is 17.5 Å². The molecule has 0 radical (unpaired) electrons. The molecule has 1 atom stereocenters. The van der Waals surface area contributed by atoms with Gasteiger partial charge in [0, 0.05) is 42.7 Å². The zero-order valence-electron chi connectivity index (χ0n) is 12.4. The van der Waals surface area contributed by atoms with E-state index in [0.717, 1.165) is 31.1 Å². The summed E-state index contributed by atoms with van der Waals surface area (Å²) in [6.07, 6.45) is 0. The normalized spacial score (nSPS) is 17.4. The Morgan fingerprint density at radius 1 is 1.36 bits per heavy atom. The van der Waals surface area contributed by atoms with E-state index >= 15 is 0 Å². The van der Waals surface area contributed by atoms with Gasteiger partial charge in [-0.3, -0.25) is 4.90 Å². The van der Waals surface area contributed by atoms with Crippen LogP contribution in [0.5, 0.6) is 11.5 Å². The van der Waals surface area contributed by atoms with Crippen LogP contribution in [0.15, 0.2) is 29.6 Å². The number of hydrogen-bond acceptors (Lipinski definition) is 5. The van der Waals surface area contributed by atoms with Crippen LogP contribution in [0.4, 0.5) is 4.39 Å². The van der Waals surface area contributed by atoms with E-state index in [1.165, 1.54) is 19.2 Å². The fourth-order valence-corrected chi connectivity index (χ4v) is 3.75. The molecule has 0 bridgehead atoms. The van der Waals surface area contributed by atoms with E-state index in [4.69, 9.17) is 4.74 Å². The first-order valence-electron chi connectivity index (χ1n) is 7.25. The molecule has 1 aromatic heterocycles. The van der Waals surface area contributed by atoms with E-state index in [2.05, 4.69) is 10.2 Å². The molecule has 1 aliphatic heterocycles. The van der Waals surface area contributed by atoms with Crippen LogP contribution in [0.2, 0.25) is 0 Å². The number of hydrogen-bond donors (Lipinski definition) is 2. The third-order valence-corrected chi connectivity index (χ3v) is 4.84. The van der Waals surface area contributed by atoms with Gasteiger partial charge < -0.3 is 15.2 Å². The molecule has 0 saturated carbocycles. The van der Waals surface area contributed by atoms with Crippen LogP contribution in [0.1, 0.15) is 16.5 Å². The van der Waals surface area contributed by atoms with E-state index in [1.807, 2.05) is 17.5 Å². The highest BCUT2D eigenvalue weighted by Gasteiger charge is 2.28. The van der Waals surface area contributed by atoms with Crippen LogP contribution in [-0.2, 0) is 0 Å². The maximum Gasteiger partial charge on any atom is 0.163 e. The van der Waals surface area contributed by atoms with Crippen molar-refractivity contribution in [2.75, 3.05) is 33.3 Å². The number of aromatic hydroxyl groups is 1. The van der Waals surface area contributed by atoms with E-state index < -0.39 is 5.82 Å². The fourth-order valence-electron chi connectivity index (χ4n) is 2.88. The molecule has 2 N–H and O–H groups in total. The molecule has 0 amide bonds. The zero-order chi connectivity index (χ0) is 15.5. The number of phenols is 1. The van der Waals surface area contributed by atoms with Gasteiger partial charge >= 0.3 is 0 Å². The average molecular weight is 322 g/mol. The minimum absolute atomic E-state index is 0.0147. The molecule has 2 aromatic rings. The van der Waals surface area contributed by atoms with E-state index in [0.29, 0.717) is 5.56 Å². The minimum Gasteiger partial charge on any atom is -0.504 e. The lowest BCUT2D eigenvalue weighted by molar-refractivity contribution is 0.197. The molecule has 6 heteroatoms. The Kier molecular flexibility index (Phi) is 4.61. The Hall–Kier alpha value is -1.63. The molecular formula is C16H19FN2O2S. The highest BCUT2D eigenvalue weighted by molar-refractivity contribution is 7.10. The minimum atomic E-state index is -0.402. The van der Waals surface area contributed by atoms with Gasteiger partial charge in [-0.25, -0.2) is 4.39 Å². The van der Waals surface area contributed by atoms with Gasteiger partial charge in [0.1, 0.15) is 5.82 Å². The van der Waals surface area contributed by atoms with Crippen LogP contribution < -0.4 is 10.1 Å². The van der Waals surface area contributed by atoms with Gasteiger partial charge in [-0.15, -0.1) is 11.3 Å². The summed E-state index contributed by atoms with van der Waals surface area (Å²) in [4.78, 5) is 3.35. The smallest absolute Gasteiger partial charge is 0.163 e.